The van der Waals surface area contributed by atoms with Gasteiger partial charge in [-0.2, -0.15) is 0 Å². The number of hydrogen-bond donors (Lipinski definition) is 0. The van der Waals surface area contributed by atoms with Gasteiger partial charge >= 0.3 is 54.8 Å². The Morgan fingerprint density at radius 3 is 2.57 bits per heavy atom. The van der Waals surface area contributed by atoms with E-state index in [4.69, 9.17) is 9.69 Å². The summed E-state index contributed by atoms with van der Waals surface area (Å²) in [4.78, 5) is 0. The van der Waals surface area contributed by atoms with Crippen LogP contribution in [0.2, 0.25) is 0 Å². The fourth-order valence-corrected chi connectivity index (χ4v) is 0.767. The van der Waals surface area contributed by atoms with Crippen LogP contribution in [0.1, 0.15) is 0 Å². The van der Waals surface area contributed by atoms with Crippen LogP contribution >= 0.6 is 9.69 Å². The molecule has 0 aliphatic carbocycles. The number of hydrogen-bond acceptors (Lipinski definition) is 0. The van der Waals surface area contributed by atoms with Gasteiger partial charge in [0.25, 0.3) is 0 Å². The van der Waals surface area contributed by atoms with Gasteiger partial charge in [-0.05, 0) is 0 Å². The molecule has 0 nitrogen and oxygen atoms in total. The molecule has 2 heteroatoms. The van der Waals surface area contributed by atoms with E-state index in [0.29, 0.717) is 0 Å². The van der Waals surface area contributed by atoms with Crippen LogP contribution in [0.25, 0.3) is 0 Å². The molecule has 0 saturated carbocycles. The van der Waals surface area contributed by atoms with Crippen molar-refractivity contribution in [3.63, 3.8) is 0 Å². The molecule has 0 fully saturated rings. The third-order valence-corrected chi connectivity index (χ3v) is 1.44. The summed E-state index contributed by atoms with van der Waals surface area (Å²) in [5.41, 5.74) is 0. The Morgan fingerprint density at radius 2 is 2.14 bits per heavy atom. The molecule has 0 N–H and O–H groups in total. The Labute approximate surface area is 55.0 Å². The van der Waals surface area contributed by atoms with E-state index in [1.807, 2.05) is 16.8 Å². The van der Waals surface area contributed by atoms with Gasteiger partial charge in [0.2, 0.25) is 0 Å². The molecule has 7 heavy (non-hydrogen) atoms. The summed E-state index contributed by atoms with van der Waals surface area (Å²) < 4.78 is 1.94. The topological polar surface area (TPSA) is 0 Å². The Hall–Kier alpha value is 0.263. The fourth-order valence-electron chi connectivity index (χ4n) is 0.144. The van der Waals surface area contributed by atoms with E-state index in [0.717, 1.165) is 0 Å². The molecule has 0 radical (unpaired) electrons. The molecule has 0 unspecified atom stereocenters. The fraction of sp³-hybridized carbons (Fsp3) is 0. The molecular formula is C5H6ClRu. The van der Waals surface area contributed by atoms with E-state index in [9.17, 15) is 0 Å². The first-order chi connectivity index (χ1) is 3.41. The Bertz CT molecular complexity index is 94.3. The van der Waals surface area contributed by atoms with Gasteiger partial charge in [0.05, 0.1) is 0 Å². The summed E-state index contributed by atoms with van der Waals surface area (Å²) >= 11 is -0.0531. The molecule has 0 heterocycles. The van der Waals surface area contributed by atoms with Gasteiger partial charge in [-0.1, -0.05) is 0 Å². The summed E-state index contributed by atoms with van der Waals surface area (Å²) in [6, 6.07) is 0. The Morgan fingerprint density at radius 1 is 1.43 bits per heavy atom. The van der Waals surface area contributed by atoms with Crippen LogP contribution < -0.4 is 0 Å². The Kier molecular flexibility index (Phi) is 6.50. The molecule has 0 aromatic rings. The van der Waals surface area contributed by atoms with E-state index in [-0.39, 0.29) is 15.7 Å². The van der Waals surface area contributed by atoms with Crippen molar-refractivity contribution in [3.8, 4) is 0 Å². The SMILES string of the molecule is C=C/C=C/[CH]=[Ru][Cl]. The quantitative estimate of drug-likeness (QED) is 0.473. The summed E-state index contributed by atoms with van der Waals surface area (Å²) in [6.45, 7) is 3.49. The predicted molar refractivity (Wildman–Crippen MR) is 31.3 cm³/mol. The van der Waals surface area contributed by atoms with E-state index >= 15 is 0 Å². The van der Waals surface area contributed by atoms with E-state index in [2.05, 4.69) is 6.58 Å². The monoisotopic (exact) mass is 203 g/mol. The normalized spacial score (nSPS) is 12.1. The Balaban J connectivity index is 3.27. The van der Waals surface area contributed by atoms with Crippen LogP contribution in [0.15, 0.2) is 24.8 Å². The van der Waals surface area contributed by atoms with Crippen LogP contribution in [-0.4, -0.2) is 4.61 Å². The van der Waals surface area contributed by atoms with Gasteiger partial charge in [-0.25, -0.2) is 0 Å². The summed E-state index contributed by atoms with van der Waals surface area (Å²) in [5, 5.41) is 0. The third-order valence-electron chi connectivity index (χ3n) is 0.360. The first-order valence-corrected chi connectivity index (χ1v) is 4.99. The molecule has 0 aliphatic rings. The maximum atomic E-state index is 5.39. The second kappa shape index (κ2) is 6.26. The molecule has 0 aromatic heterocycles. The van der Waals surface area contributed by atoms with Gasteiger partial charge < -0.3 is 0 Å². The van der Waals surface area contributed by atoms with Crippen LogP contribution in [0.4, 0.5) is 0 Å². The first kappa shape index (κ1) is 7.26. The minimum absolute atomic E-state index is 0.0531. The maximum absolute atomic E-state index is 5.39. The second-order valence-electron chi connectivity index (χ2n) is 0.816. The number of rotatable bonds is 2. The number of halogens is 1. The summed E-state index contributed by atoms with van der Waals surface area (Å²) in [6.07, 6.45) is 5.49. The summed E-state index contributed by atoms with van der Waals surface area (Å²) in [5.74, 6) is 0. The molecule has 0 saturated heterocycles. The molecule has 0 aliphatic heterocycles. The molecule has 0 bridgehead atoms. The van der Waals surface area contributed by atoms with E-state index in [1.165, 1.54) is 0 Å². The van der Waals surface area contributed by atoms with Crippen molar-refractivity contribution in [2.24, 2.45) is 0 Å². The minimum atomic E-state index is -0.0531. The van der Waals surface area contributed by atoms with Gasteiger partial charge in [0, 0.05) is 0 Å². The second-order valence-corrected chi connectivity index (χ2v) is 2.69. The zero-order valence-corrected chi connectivity index (χ0v) is 6.24. The van der Waals surface area contributed by atoms with Crippen LogP contribution in [0.3, 0.4) is 0 Å². The van der Waals surface area contributed by atoms with Gasteiger partial charge in [-0.15, -0.1) is 0 Å². The first-order valence-electron chi connectivity index (χ1n) is 1.75. The zero-order valence-electron chi connectivity index (χ0n) is 3.75. The van der Waals surface area contributed by atoms with Crippen LogP contribution in [0, 0.1) is 0 Å². The van der Waals surface area contributed by atoms with Crippen molar-refractivity contribution >= 4 is 14.3 Å². The van der Waals surface area contributed by atoms with Crippen molar-refractivity contribution in [3.05, 3.63) is 24.8 Å². The van der Waals surface area contributed by atoms with E-state index < -0.39 is 0 Å². The zero-order chi connectivity index (χ0) is 5.54. The predicted octanol–water partition coefficient (Wildman–Crippen LogP) is 1.77. The molecule has 0 rings (SSSR count). The molecule has 0 amide bonds. The van der Waals surface area contributed by atoms with Gasteiger partial charge in [0.1, 0.15) is 0 Å². The van der Waals surface area contributed by atoms with E-state index in [1.54, 1.807) is 6.08 Å². The van der Waals surface area contributed by atoms with Crippen molar-refractivity contribution in [1.82, 2.24) is 0 Å². The number of allylic oxidation sites excluding steroid dienone is 3. The third kappa shape index (κ3) is 6.26. The van der Waals surface area contributed by atoms with Crippen LogP contribution in [-0.2, 0) is 15.7 Å². The summed E-state index contributed by atoms with van der Waals surface area (Å²) in [7, 11) is 5.39. The van der Waals surface area contributed by atoms with Crippen molar-refractivity contribution < 1.29 is 15.7 Å². The molecular weight excluding hydrogens is 197 g/mol. The molecule has 41 valence electrons. The molecule has 0 aromatic carbocycles. The van der Waals surface area contributed by atoms with Gasteiger partial charge in [0.15, 0.2) is 0 Å². The van der Waals surface area contributed by atoms with Crippen LogP contribution in [0.5, 0.6) is 0 Å². The van der Waals surface area contributed by atoms with Crippen molar-refractivity contribution in [1.29, 1.82) is 0 Å². The average molecular weight is 203 g/mol. The van der Waals surface area contributed by atoms with Crippen molar-refractivity contribution in [2.45, 2.75) is 0 Å². The average Bonchev–Trinajstić information content (AvgIpc) is 1.69. The van der Waals surface area contributed by atoms with Crippen molar-refractivity contribution in [2.75, 3.05) is 0 Å². The molecule has 0 atom stereocenters. The van der Waals surface area contributed by atoms with Gasteiger partial charge in [-0.3, -0.25) is 0 Å². The molecule has 0 spiro atoms. The standard InChI is InChI=1S/C5H6.ClH.Ru/c1-3-5-4-2;;/h1,3-5H,2H2;1H;/q;;+1/p-1/b5-3+;;.